The van der Waals surface area contributed by atoms with Gasteiger partial charge in [-0.3, -0.25) is 0 Å². The van der Waals surface area contributed by atoms with Crippen molar-refractivity contribution in [3.8, 4) is 5.75 Å². The van der Waals surface area contributed by atoms with Crippen molar-refractivity contribution in [3.63, 3.8) is 0 Å². The van der Waals surface area contributed by atoms with Crippen molar-refractivity contribution >= 4 is 23.3 Å². The molecule has 1 fully saturated rings. The van der Waals surface area contributed by atoms with Gasteiger partial charge < -0.3 is 18.9 Å². The van der Waals surface area contributed by atoms with E-state index in [1.807, 2.05) is 39.0 Å². The number of hydrogen-bond donors (Lipinski definition) is 0. The first-order valence-corrected chi connectivity index (χ1v) is 8.49. The van der Waals surface area contributed by atoms with Crippen molar-refractivity contribution < 1.29 is 14.0 Å². The molecule has 2 rings (SSSR count). The van der Waals surface area contributed by atoms with Crippen LogP contribution < -0.4 is 9.64 Å². The van der Waals surface area contributed by atoms with E-state index in [0.717, 1.165) is 30.1 Å². The molecule has 6 heteroatoms. The predicted molar refractivity (Wildman–Crippen MR) is 91.5 cm³/mol. The molecule has 0 amide bonds. The minimum Gasteiger partial charge on any atom is -0.591 e. The molecule has 122 valence electrons. The molecule has 0 saturated carbocycles. The maximum absolute atomic E-state index is 12.1. The van der Waals surface area contributed by atoms with Crippen molar-refractivity contribution in [1.82, 2.24) is 0 Å². The third kappa shape index (κ3) is 4.38. The van der Waals surface area contributed by atoms with Gasteiger partial charge in [0.15, 0.2) is 0 Å². The maximum Gasteiger partial charge on any atom is 0.144 e. The third-order valence-electron chi connectivity index (χ3n) is 3.40. The Labute approximate surface area is 135 Å². The first kappa shape index (κ1) is 17.1. The zero-order valence-corrected chi connectivity index (χ0v) is 14.5. The fourth-order valence-electron chi connectivity index (χ4n) is 2.10. The second kappa shape index (κ2) is 7.35. The summed E-state index contributed by atoms with van der Waals surface area (Å²) in [4.78, 5) is 2.24. The molecule has 1 heterocycles. The molecule has 1 atom stereocenters. The molecule has 1 unspecified atom stereocenters. The lowest BCUT2D eigenvalue weighted by molar-refractivity contribution is 0.122. The molecule has 1 aliphatic heterocycles. The average molecular weight is 324 g/mol. The van der Waals surface area contributed by atoms with E-state index in [9.17, 15) is 4.55 Å². The van der Waals surface area contributed by atoms with E-state index in [1.165, 1.54) is 0 Å². The monoisotopic (exact) mass is 324 g/mol. The first-order valence-electron chi connectivity index (χ1n) is 7.38. The summed E-state index contributed by atoms with van der Waals surface area (Å²) in [6.45, 7) is 8.82. The molecule has 0 spiro atoms. The molecular weight excluding hydrogens is 300 g/mol. The minimum atomic E-state index is -1.26. The number of benzene rings is 1. The fourth-order valence-corrected chi connectivity index (χ4v) is 2.63. The summed E-state index contributed by atoms with van der Waals surface area (Å²) in [5.74, 6) is 0.801. The van der Waals surface area contributed by atoms with E-state index in [0.29, 0.717) is 13.2 Å². The van der Waals surface area contributed by atoms with Crippen LogP contribution in [0.2, 0.25) is 0 Å². The molecule has 0 aliphatic carbocycles. The van der Waals surface area contributed by atoms with E-state index in [1.54, 1.807) is 13.3 Å². The van der Waals surface area contributed by atoms with Crippen LogP contribution >= 0.6 is 0 Å². The van der Waals surface area contributed by atoms with Crippen molar-refractivity contribution in [3.05, 3.63) is 23.8 Å². The van der Waals surface area contributed by atoms with Gasteiger partial charge in [-0.1, -0.05) is 4.40 Å². The number of morpholine rings is 1. The van der Waals surface area contributed by atoms with E-state index in [2.05, 4.69) is 9.30 Å². The van der Waals surface area contributed by atoms with Gasteiger partial charge in [-0.15, -0.1) is 0 Å². The average Bonchev–Trinajstić information content (AvgIpc) is 2.52. The molecule has 0 N–H and O–H groups in total. The van der Waals surface area contributed by atoms with Gasteiger partial charge in [0.05, 0.1) is 26.5 Å². The van der Waals surface area contributed by atoms with Crippen LogP contribution in [0.4, 0.5) is 5.69 Å². The van der Waals surface area contributed by atoms with E-state index >= 15 is 0 Å². The van der Waals surface area contributed by atoms with Crippen LogP contribution in [-0.4, -0.2) is 48.9 Å². The third-order valence-corrected chi connectivity index (χ3v) is 4.75. The molecule has 1 aliphatic rings. The van der Waals surface area contributed by atoms with E-state index in [-0.39, 0.29) is 4.75 Å². The van der Waals surface area contributed by atoms with Gasteiger partial charge >= 0.3 is 0 Å². The van der Waals surface area contributed by atoms with Gasteiger partial charge in [-0.2, -0.15) is 0 Å². The summed E-state index contributed by atoms with van der Waals surface area (Å²) in [6, 6.07) is 5.84. The molecule has 5 nitrogen and oxygen atoms in total. The van der Waals surface area contributed by atoms with Crippen LogP contribution in [0.15, 0.2) is 22.6 Å². The van der Waals surface area contributed by atoms with E-state index < -0.39 is 11.4 Å². The Hall–Kier alpha value is -1.24. The highest BCUT2D eigenvalue weighted by atomic mass is 32.2. The number of nitrogens with zero attached hydrogens (tertiary/aromatic N) is 2. The summed E-state index contributed by atoms with van der Waals surface area (Å²) in [7, 11) is 1.65. The van der Waals surface area contributed by atoms with Gasteiger partial charge in [0.25, 0.3) is 0 Å². The molecule has 0 aromatic heterocycles. The van der Waals surface area contributed by atoms with Crippen molar-refractivity contribution in [2.45, 2.75) is 25.5 Å². The van der Waals surface area contributed by atoms with Gasteiger partial charge in [0.1, 0.15) is 21.9 Å². The van der Waals surface area contributed by atoms with Gasteiger partial charge in [0, 0.05) is 30.4 Å². The van der Waals surface area contributed by atoms with Crippen LogP contribution in [0.5, 0.6) is 5.75 Å². The first-order chi connectivity index (χ1) is 10.4. The van der Waals surface area contributed by atoms with Gasteiger partial charge in [-0.05, 0) is 32.9 Å². The number of ether oxygens (including phenoxy) is 2. The fraction of sp³-hybridized carbons (Fsp3) is 0.562. The number of hydrogen-bond acceptors (Lipinski definition) is 5. The van der Waals surface area contributed by atoms with Crippen molar-refractivity contribution in [2.24, 2.45) is 4.40 Å². The molecule has 1 aromatic carbocycles. The Balaban J connectivity index is 2.27. The molecule has 0 radical (unpaired) electrons. The normalized spacial score (nSPS) is 17.8. The second-order valence-corrected chi connectivity index (χ2v) is 8.05. The number of anilines is 1. The maximum atomic E-state index is 12.1. The minimum absolute atomic E-state index is 0.359. The van der Waals surface area contributed by atoms with Crippen LogP contribution in [0.25, 0.3) is 0 Å². The summed E-state index contributed by atoms with van der Waals surface area (Å²) in [6.07, 6.45) is 1.70. The summed E-state index contributed by atoms with van der Waals surface area (Å²) in [5.41, 5.74) is 1.98. The Morgan fingerprint density at radius 2 is 2.00 bits per heavy atom. The summed E-state index contributed by atoms with van der Waals surface area (Å²) >= 11 is -1.26. The van der Waals surface area contributed by atoms with Crippen LogP contribution in [0.1, 0.15) is 26.3 Å². The lowest BCUT2D eigenvalue weighted by atomic mass is 10.1. The zero-order valence-electron chi connectivity index (χ0n) is 13.7. The van der Waals surface area contributed by atoms with Gasteiger partial charge in [0.2, 0.25) is 0 Å². The second-order valence-electron chi connectivity index (χ2n) is 6.12. The lowest BCUT2D eigenvalue weighted by Gasteiger charge is -2.30. The molecular formula is C16H24N2O3S. The van der Waals surface area contributed by atoms with Crippen molar-refractivity contribution in [2.75, 3.05) is 38.3 Å². The molecule has 0 bridgehead atoms. The summed E-state index contributed by atoms with van der Waals surface area (Å²) < 4.78 is 26.7. The highest BCUT2D eigenvalue weighted by molar-refractivity contribution is 7.91. The Bertz CT molecular complexity index is 523. The topological polar surface area (TPSA) is 57.1 Å². The van der Waals surface area contributed by atoms with Crippen LogP contribution in [-0.2, 0) is 16.1 Å². The largest absolute Gasteiger partial charge is 0.591 e. The molecule has 1 aromatic rings. The quantitative estimate of drug-likeness (QED) is 0.630. The van der Waals surface area contributed by atoms with Crippen LogP contribution in [0, 0.1) is 0 Å². The molecule has 22 heavy (non-hydrogen) atoms. The SMILES string of the molecule is COc1ccc(/C=N/[S+]([O-])C(C)(C)C)c(N2CCOCC2)c1. The highest BCUT2D eigenvalue weighted by Crippen LogP contribution is 2.26. The smallest absolute Gasteiger partial charge is 0.144 e. The van der Waals surface area contributed by atoms with Crippen LogP contribution in [0.3, 0.4) is 0 Å². The summed E-state index contributed by atoms with van der Waals surface area (Å²) in [5, 5.41) is 0. The zero-order chi connectivity index (χ0) is 16.2. The standard InChI is InChI=1S/C16H24N2O3S/c1-16(2,3)22(19)17-12-13-5-6-14(20-4)11-15(13)18-7-9-21-10-8-18/h5-6,11-12H,7-10H2,1-4H3/b17-12+. The Kier molecular flexibility index (Phi) is 5.72. The van der Waals surface area contributed by atoms with E-state index in [4.69, 9.17) is 9.47 Å². The number of rotatable bonds is 4. The highest BCUT2D eigenvalue weighted by Gasteiger charge is 2.26. The lowest BCUT2D eigenvalue weighted by Crippen LogP contribution is -2.36. The van der Waals surface area contributed by atoms with Gasteiger partial charge in [-0.25, -0.2) is 0 Å². The van der Waals surface area contributed by atoms with Crippen molar-refractivity contribution in [1.29, 1.82) is 0 Å². The number of methoxy groups -OCH3 is 1. The predicted octanol–water partition coefficient (Wildman–Crippen LogP) is 2.41. The Morgan fingerprint density at radius 3 is 2.59 bits per heavy atom. The molecule has 1 saturated heterocycles. The Morgan fingerprint density at radius 1 is 1.32 bits per heavy atom.